The van der Waals surface area contributed by atoms with E-state index in [4.69, 9.17) is 27.9 Å². The molecular weight excluding hydrogens is 488 g/mol. The van der Waals surface area contributed by atoms with E-state index in [0.29, 0.717) is 28.5 Å². The normalized spacial score (nSPS) is 16.6. The lowest BCUT2D eigenvalue weighted by Crippen LogP contribution is -2.39. The monoisotopic (exact) mass is 515 g/mol. The van der Waals surface area contributed by atoms with Crippen molar-refractivity contribution >= 4 is 53.1 Å². The van der Waals surface area contributed by atoms with Gasteiger partial charge in [0.05, 0.1) is 35.3 Å². The van der Waals surface area contributed by atoms with Crippen LogP contribution in [0.4, 0.5) is 0 Å². The van der Waals surface area contributed by atoms with E-state index in [-0.39, 0.29) is 36.6 Å². The molecule has 0 bridgehead atoms. The summed E-state index contributed by atoms with van der Waals surface area (Å²) in [5.41, 5.74) is 1.01. The number of aliphatic hydroxyl groups is 1. The molecule has 0 amide bonds. The molecule has 1 fully saturated rings. The summed E-state index contributed by atoms with van der Waals surface area (Å²) in [4.78, 5) is 4.44. The van der Waals surface area contributed by atoms with Gasteiger partial charge in [-0.2, -0.15) is 0 Å². The summed E-state index contributed by atoms with van der Waals surface area (Å²) in [6, 6.07) is 5.54. The number of aliphatic hydroxyl groups excluding tert-OH is 1. The average Bonchev–Trinajstić information content (AvgIpc) is 3.39. The van der Waals surface area contributed by atoms with E-state index in [2.05, 4.69) is 15.6 Å². The summed E-state index contributed by atoms with van der Waals surface area (Å²) in [7, 11) is 0. The van der Waals surface area contributed by atoms with E-state index in [1.165, 1.54) is 12.8 Å². The zero-order valence-electron chi connectivity index (χ0n) is 15.2. The van der Waals surface area contributed by atoms with E-state index in [9.17, 15) is 5.11 Å². The van der Waals surface area contributed by atoms with Crippen molar-refractivity contribution in [3.05, 3.63) is 33.8 Å². The minimum absolute atomic E-state index is 0. The van der Waals surface area contributed by atoms with Crippen LogP contribution >= 0.6 is 47.2 Å². The molecule has 2 unspecified atom stereocenters. The van der Waals surface area contributed by atoms with Crippen molar-refractivity contribution in [2.45, 2.75) is 38.8 Å². The second kappa shape index (κ2) is 12.2. The van der Waals surface area contributed by atoms with Crippen LogP contribution in [0.15, 0.2) is 23.2 Å². The fourth-order valence-electron chi connectivity index (χ4n) is 2.29. The Bertz CT molecular complexity index is 586. The molecule has 26 heavy (non-hydrogen) atoms. The molecule has 2 atom stereocenters. The lowest BCUT2D eigenvalue weighted by molar-refractivity contribution is 0.0368. The van der Waals surface area contributed by atoms with E-state index in [1.807, 2.05) is 26.0 Å². The minimum Gasteiger partial charge on any atom is -0.389 e. The smallest absolute Gasteiger partial charge is 0.191 e. The van der Waals surface area contributed by atoms with Crippen LogP contribution in [0.1, 0.15) is 38.3 Å². The molecule has 0 spiro atoms. The third-order valence-electron chi connectivity index (χ3n) is 3.96. The Hall–Kier alpha value is -0.280. The number of nitrogens with one attached hydrogen (secondary N) is 2. The number of benzene rings is 1. The van der Waals surface area contributed by atoms with Crippen molar-refractivity contribution in [1.29, 1.82) is 0 Å². The Balaban J connectivity index is 0.00000338. The second-order valence-electron chi connectivity index (χ2n) is 6.39. The van der Waals surface area contributed by atoms with Gasteiger partial charge in [0.2, 0.25) is 0 Å². The molecule has 1 aliphatic rings. The molecule has 3 N–H and O–H groups in total. The predicted octanol–water partition coefficient (Wildman–Crippen LogP) is 4.02. The first-order chi connectivity index (χ1) is 12.0. The molecular formula is C18H28Cl2IN3O2. The van der Waals surface area contributed by atoms with Crippen LogP contribution in [0.25, 0.3) is 0 Å². The van der Waals surface area contributed by atoms with Crippen molar-refractivity contribution in [3.63, 3.8) is 0 Å². The highest BCUT2D eigenvalue weighted by Crippen LogP contribution is 2.28. The van der Waals surface area contributed by atoms with Crippen molar-refractivity contribution in [2.24, 2.45) is 10.9 Å². The number of ether oxygens (including phenoxy) is 1. The van der Waals surface area contributed by atoms with E-state index >= 15 is 0 Å². The number of aliphatic imine (C=N–C) groups is 1. The zero-order chi connectivity index (χ0) is 18.2. The van der Waals surface area contributed by atoms with E-state index in [0.717, 1.165) is 18.7 Å². The number of hydrogen-bond donors (Lipinski definition) is 3. The van der Waals surface area contributed by atoms with Crippen LogP contribution in [0.2, 0.25) is 10.0 Å². The molecule has 0 heterocycles. The van der Waals surface area contributed by atoms with Crippen molar-refractivity contribution in [3.8, 4) is 0 Å². The summed E-state index contributed by atoms with van der Waals surface area (Å²) < 4.78 is 5.50. The fourth-order valence-corrected chi connectivity index (χ4v) is 2.60. The van der Waals surface area contributed by atoms with Gasteiger partial charge in [-0.1, -0.05) is 29.3 Å². The van der Waals surface area contributed by atoms with Gasteiger partial charge in [0, 0.05) is 13.2 Å². The molecule has 5 nitrogen and oxygen atoms in total. The van der Waals surface area contributed by atoms with Crippen LogP contribution in [-0.2, 0) is 4.74 Å². The quantitative estimate of drug-likeness (QED) is 0.264. The van der Waals surface area contributed by atoms with E-state index in [1.54, 1.807) is 6.07 Å². The predicted molar refractivity (Wildman–Crippen MR) is 119 cm³/mol. The van der Waals surface area contributed by atoms with Gasteiger partial charge in [0.15, 0.2) is 5.96 Å². The molecule has 0 saturated heterocycles. The maximum atomic E-state index is 10.00. The topological polar surface area (TPSA) is 65.9 Å². The first kappa shape index (κ1) is 23.8. The molecule has 8 heteroatoms. The van der Waals surface area contributed by atoms with Crippen molar-refractivity contribution < 1.29 is 9.84 Å². The Morgan fingerprint density at radius 2 is 2.08 bits per heavy atom. The van der Waals surface area contributed by atoms with Crippen molar-refractivity contribution in [1.82, 2.24) is 10.6 Å². The standard InChI is InChI=1S/C18H27Cl2N3O2.HI/c1-3-21-18(22-9-15(24)11-25-10-13-4-5-13)23-12(2)14-6-7-16(19)17(20)8-14;/h6-8,12-13,15,24H,3-5,9-11H2,1-2H3,(H2,21,22,23);1H. The molecule has 1 aliphatic carbocycles. The maximum Gasteiger partial charge on any atom is 0.191 e. The van der Waals surface area contributed by atoms with E-state index < -0.39 is 6.10 Å². The van der Waals surface area contributed by atoms with Gasteiger partial charge in [0.1, 0.15) is 0 Å². The number of hydrogen-bond acceptors (Lipinski definition) is 3. The van der Waals surface area contributed by atoms with Crippen LogP contribution in [0.5, 0.6) is 0 Å². The third-order valence-corrected chi connectivity index (χ3v) is 4.70. The SMILES string of the molecule is CCNC(=NCC(O)COCC1CC1)NC(C)c1ccc(Cl)c(Cl)c1.I. The van der Waals surface area contributed by atoms with Gasteiger partial charge in [-0.3, -0.25) is 4.99 Å². The molecule has 0 radical (unpaired) electrons. The number of halogens is 3. The lowest BCUT2D eigenvalue weighted by atomic mass is 10.1. The number of nitrogens with zero attached hydrogens (tertiary/aromatic N) is 1. The van der Waals surface area contributed by atoms with Crippen molar-refractivity contribution in [2.75, 3.05) is 26.3 Å². The van der Waals surface area contributed by atoms with Crippen LogP contribution in [-0.4, -0.2) is 43.5 Å². The number of rotatable bonds is 9. The summed E-state index contributed by atoms with van der Waals surface area (Å²) in [5, 5.41) is 17.5. The summed E-state index contributed by atoms with van der Waals surface area (Å²) >= 11 is 12.0. The first-order valence-electron chi connectivity index (χ1n) is 8.75. The van der Waals surface area contributed by atoms with Gasteiger partial charge in [-0.15, -0.1) is 24.0 Å². The zero-order valence-corrected chi connectivity index (χ0v) is 19.0. The number of guanidine groups is 1. The molecule has 1 aromatic rings. The molecule has 2 rings (SSSR count). The second-order valence-corrected chi connectivity index (χ2v) is 7.21. The summed E-state index contributed by atoms with van der Waals surface area (Å²) in [6.07, 6.45) is 1.89. The third kappa shape index (κ3) is 8.61. The molecule has 1 aromatic carbocycles. The molecule has 148 valence electrons. The minimum atomic E-state index is -0.602. The fraction of sp³-hybridized carbons (Fsp3) is 0.611. The summed E-state index contributed by atoms with van der Waals surface area (Å²) in [6.45, 7) is 6.09. The van der Waals surface area contributed by atoms with Gasteiger partial charge in [-0.05, 0) is 50.3 Å². The van der Waals surface area contributed by atoms with Crippen LogP contribution in [0.3, 0.4) is 0 Å². The highest BCUT2D eigenvalue weighted by atomic mass is 127. The largest absolute Gasteiger partial charge is 0.389 e. The molecule has 1 saturated carbocycles. The Morgan fingerprint density at radius 3 is 2.69 bits per heavy atom. The summed E-state index contributed by atoms with van der Waals surface area (Å²) in [5.74, 6) is 1.34. The van der Waals surface area contributed by atoms with Gasteiger partial charge in [-0.25, -0.2) is 0 Å². The lowest BCUT2D eigenvalue weighted by Gasteiger charge is -2.19. The first-order valence-corrected chi connectivity index (χ1v) is 9.50. The van der Waals surface area contributed by atoms with Crippen LogP contribution in [0, 0.1) is 5.92 Å². The Morgan fingerprint density at radius 1 is 1.35 bits per heavy atom. The molecule has 0 aliphatic heterocycles. The Kier molecular flexibility index (Phi) is 11.2. The highest BCUT2D eigenvalue weighted by Gasteiger charge is 2.21. The maximum absolute atomic E-state index is 10.00. The average molecular weight is 516 g/mol. The van der Waals surface area contributed by atoms with Gasteiger partial charge in [0.25, 0.3) is 0 Å². The van der Waals surface area contributed by atoms with Crippen LogP contribution < -0.4 is 10.6 Å². The highest BCUT2D eigenvalue weighted by molar-refractivity contribution is 14.0. The van der Waals surface area contributed by atoms with Gasteiger partial charge >= 0.3 is 0 Å². The van der Waals surface area contributed by atoms with Gasteiger partial charge < -0.3 is 20.5 Å². The molecule has 0 aromatic heterocycles. The Labute approximate surface area is 182 Å².